The van der Waals surface area contributed by atoms with Crippen LogP contribution in [0.3, 0.4) is 0 Å². The van der Waals surface area contributed by atoms with Gasteiger partial charge in [0.2, 0.25) is 0 Å². The van der Waals surface area contributed by atoms with Crippen molar-refractivity contribution in [2.75, 3.05) is 4.43 Å². The highest BCUT2D eigenvalue weighted by Crippen LogP contribution is 1.90. The van der Waals surface area contributed by atoms with Gasteiger partial charge in [-0.05, 0) is 6.92 Å². The minimum absolute atomic E-state index is 0.136. The summed E-state index contributed by atoms with van der Waals surface area (Å²) in [7, 11) is 0. The molecular formula is C4H11IN2. The lowest BCUT2D eigenvalue weighted by Crippen LogP contribution is -2.39. The molecule has 0 aromatic rings. The number of rotatable bonds is 2. The minimum Gasteiger partial charge on any atom is -0.327 e. The summed E-state index contributed by atoms with van der Waals surface area (Å²) in [6, 6.07) is 0.303. The average molecular weight is 214 g/mol. The van der Waals surface area contributed by atoms with Crippen LogP contribution in [0, 0.1) is 0 Å². The summed E-state index contributed by atoms with van der Waals surface area (Å²) in [6.45, 7) is 1.92. The van der Waals surface area contributed by atoms with Gasteiger partial charge in [0, 0.05) is 16.5 Å². The van der Waals surface area contributed by atoms with Crippen LogP contribution in [0.1, 0.15) is 6.92 Å². The van der Waals surface area contributed by atoms with E-state index >= 15 is 0 Å². The van der Waals surface area contributed by atoms with Gasteiger partial charge in [-0.25, -0.2) is 0 Å². The SMILES string of the molecule is C[C@H](N)[C@H](N)CI. The van der Waals surface area contributed by atoms with E-state index in [4.69, 9.17) is 11.5 Å². The summed E-state index contributed by atoms with van der Waals surface area (Å²) in [6.07, 6.45) is 0. The molecule has 2 nitrogen and oxygen atoms in total. The zero-order valence-electron chi connectivity index (χ0n) is 4.39. The first-order valence-electron chi connectivity index (χ1n) is 2.25. The van der Waals surface area contributed by atoms with Crippen molar-refractivity contribution < 1.29 is 0 Å². The lowest BCUT2D eigenvalue weighted by atomic mass is 10.2. The molecule has 0 amide bonds. The molecule has 7 heavy (non-hydrogen) atoms. The summed E-state index contributed by atoms with van der Waals surface area (Å²) in [4.78, 5) is 0. The van der Waals surface area contributed by atoms with Gasteiger partial charge in [0.1, 0.15) is 0 Å². The first kappa shape index (κ1) is 7.65. The molecule has 0 aliphatic heterocycles. The molecular weight excluding hydrogens is 203 g/mol. The summed E-state index contributed by atoms with van der Waals surface area (Å²) >= 11 is 2.22. The summed E-state index contributed by atoms with van der Waals surface area (Å²) in [5, 5.41) is 0. The second kappa shape index (κ2) is 3.63. The van der Waals surface area contributed by atoms with E-state index < -0.39 is 0 Å². The van der Waals surface area contributed by atoms with E-state index in [1.807, 2.05) is 6.92 Å². The molecule has 0 unspecified atom stereocenters. The first-order valence-corrected chi connectivity index (χ1v) is 3.78. The molecule has 0 saturated heterocycles. The van der Waals surface area contributed by atoms with Crippen molar-refractivity contribution in [3.8, 4) is 0 Å². The molecule has 0 aliphatic rings. The third-order valence-electron chi connectivity index (χ3n) is 0.854. The Labute approximate surface area is 57.8 Å². The maximum atomic E-state index is 5.48. The Bertz CT molecular complexity index is 47.0. The van der Waals surface area contributed by atoms with Gasteiger partial charge in [0.05, 0.1) is 0 Å². The van der Waals surface area contributed by atoms with Crippen LogP contribution in [-0.4, -0.2) is 16.5 Å². The van der Waals surface area contributed by atoms with E-state index in [1.54, 1.807) is 0 Å². The standard InChI is InChI=1S/C4H11IN2/c1-3(6)4(7)2-5/h3-4H,2,6-7H2,1H3/t3-,4+/m0/s1. The summed E-state index contributed by atoms with van der Waals surface area (Å²) < 4.78 is 0.940. The monoisotopic (exact) mass is 214 g/mol. The maximum absolute atomic E-state index is 5.48. The number of nitrogens with two attached hydrogens (primary N) is 2. The third-order valence-corrected chi connectivity index (χ3v) is 1.87. The highest BCUT2D eigenvalue weighted by molar-refractivity contribution is 14.1. The normalized spacial score (nSPS) is 18.9. The Morgan fingerprint density at radius 1 is 1.57 bits per heavy atom. The number of halogens is 1. The lowest BCUT2D eigenvalue weighted by Gasteiger charge is -2.10. The van der Waals surface area contributed by atoms with E-state index in [0.29, 0.717) is 0 Å². The fourth-order valence-corrected chi connectivity index (χ4v) is 0.943. The molecule has 2 atom stereocenters. The molecule has 0 saturated carbocycles. The molecule has 0 spiro atoms. The van der Waals surface area contributed by atoms with Crippen LogP contribution < -0.4 is 11.5 Å². The van der Waals surface area contributed by atoms with Gasteiger partial charge >= 0.3 is 0 Å². The third kappa shape index (κ3) is 3.25. The van der Waals surface area contributed by atoms with Gasteiger partial charge in [-0.3, -0.25) is 0 Å². The Balaban J connectivity index is 3.14. The van der Waals surface area contributed by atoms with Crippen LogP contribution in [0.5, 0.6) is 0 Å². The zero-order chi connectivity index (χ0) is 5.86. The highest BCUT2D eigenvalue weighted by Gasteiger charge is 2.02. The van der Waals surface area contributed by atoms with Crippen molar-refractivity contribution in [3.63, 3.8) is 0 Å². The quantitative estimate of drug-likeness (QED) is 0.505. The van der Waals surface area contributed by atoms with Crippen molar-refractivity contribution in [3.05, 3.63) is 0 Å². The minimum atomic E-state index is 0.136. The Kier molecular flexibility index (Phi) is 3.96. The summed E-state index contributed by atoms with van der Waals surface area (Å²) in [5.41, 5.74) is 10.9. The van der Waals surface area contributed by atoms with Crippen molar-refractivity contribution in [2.24, 2.45) is 11.5 Å². The van der Waals surface area contributed by atoms with Crippen LogP contribution in [0.2, 0.25) is 0 Å². The molecule has 0 bridgehead atoms. The number of hydrogen-bond donors (Lipinski definition) is 2. The van der Waals surface area contributed by atoms with Gasteiger partial charge in [-0.15, -0.1) is 0 Å². The molecule has 0 heterocycles. The van der Waals surface area contributed by atoms with Gasteiger partial charge < -0.3 is 11.5 Å². The maximum Gasteiger partial charge on any atom is 0.0280 e. The van der Waals surface area contributed by atoms with E-state index in [1.165, 1.54) is 0 Å². The molecule has 0 rings (SSSR count). The second-order valence-electron chi connectivity index (χ2n) is 1.68. The Morgan fingerprint density at radius 2 is 2.00 bits per heavy atom. The predicted molar refractivity (Wildman–Crippen MR) is 40.5 cm³/mol. The smallest absolute Gasteiger partial charge is 0.0280 e. The van der Waals surface area contributed by atoms with Crippen LogP contribution in [0.4, 0.5) is 0 Å². The Hall–Kier alpha value is 0.650. The molecule has 0 aliphatic carbocycles. The zero-order valence-corrected chi connectivity index (χ0v) is 6.55. The second-order valence-corrected chi connectivity index (χ2v) is 2.56. The topological polar surface area (TPSA) is 52.0 Å². The number of hydrogen-bond acceptors (Lipinski definition) is 2. The molecule has 0 radical (unpaired) electrons. The molecule has 0 aromatic heterocycles. The van der Waals surface area contributed by atoms with E-state index in [0.717, 1.165) is 4.43 Å². The number of alkyl halides is 1. The van der Waals surface area contributed by atoms with E-state index in [-0.39, 0.29) is 12.1 Å². The average Bonchev–Trinajstić information content (AvgIpc) is 1.65. The molecule has 0 fully saturated rings. The Morgan fingerprint density at radius 3 is 2.00 bits per heavy atom. The van der Waals surface area contributed by atoms with Crippen molar-refractivity contribution in [1.29, 1.82) is 0 Å². The van der Waals surface area contributed by atoms with E-state index in [9.17, 15) is 0 Å². The largest absolute Gasteiger partial charge is 0.327 e. The lowest BCUT2D eigenvalue weighted by molar-refractivity contribution is 0.617. The van der Waals surface area contributed by atoms with Crippen molar-refractivity contribution in [2.45, 2.75) is 19.0 Å². The van der Waals surface area contributed by atoms with Crippen LogP contribution >= 0.6 is 22.6 Å². The fraction of sp³-hybridized carbons (Fsp3) is 1.00. The van der Waals surface area contributed by atoms with Crippen molar-refractivity contribution in [1.82, 2.24) is 0 Å². The van der Waals surface area contributed by atoms with Crippen molar-refractivity contribution >= 4 is 22.6 Å². The van der Waals surface area contributed by atoms with Gasteiger partial charge in [0.15, 0.2) is 0 Å². The first-order chi connectivity index (χ1) is 3.18. The van der Waals surface area contributed by atoms with Gasteiger partial charge in [-0.2, -0.15) is 0 Å². The van der Waals surface area contributed by atoms with Crippen LogP contribution in [0.15, 0.2) is 0 Å². The van der Waals surface area contributed by atoms with Crippen LogP contribution in [-0.2, 0) is 0 Å². The molecule has 44 valence electrons. The molecule has 3 heteroatoms. The molecule has 4 N–H and O–H groups in total. The summed E-state index contributed by atoms with van der Waals surface area (Å²) in [5.74, 6) is 0. The predicted octanol–water partition coefficient (Wildman–Crippen LogP) is 0.0959. The fourth-order valence-electron chi connectivity index (χ4n) is 0.141. The van der Waals surface area contributed by atoms with Crippen LogP contribution in [0.25, 0.3) is 0 Å². The van der Waals surface area contributed by atoms with E-state index in [2.05, 4.69) is 22.6 Å². The van der Waals surface area contributed by atoms with Gasteiger partial charge in [-0.1, -0.05) is 22.6 Å². The highest BCUT2D eigenvalue weighted by atomic mass is 127. The van der Waals surface area contributed by atoms with Gasteiger partial charge in [0.25, 0.3) is 0 Å². The molecule has 0 aromatic carbocycles.